The number of nitrogens with one attached hydrogen (secondary N) is 1. The van der Waals surface area contributed by atoms with E-state index < -0.39 is 0 Å². The third kappa shape index (κ3) is 2.83. The zero-order valence-corrected chi connectivity index (χ0v) is 12.4. The average molecular weight is 295 g/mol. The Balaban J connectivity index is 1.74. The van der Waals surface area contributed by atoms with Crippen molar-refractivity contribution in [3.8, 4) is 0 Å². The summed E-state index contributed by atoms with van der Waals surface area (Å²) in [6.45, 7) is 2.61. The molecule has 3 rings (SSSR count). The summed E-state index contributed by atoms with van der Waals surface area (Å²) in [6, 6.07) is 11.1. The number of pyridine rings is 1. The van der Waals surface area contributed by atoms with Gasteiger partial charge in [0.2, 0.25) is 5.91 Å². The number of carbonyl (C=O) groups is 2. The quantitative estimate of drug-likeness (QED) is 0.941. The van der Waals surface area contributed by atoms with Crippen LogP contribution in [0.3, 0.4) is 0 Å². The van der Waals surface area contributed by atoms with Crippen molar-refractivity contribution in [1.29, 1.82) is 0 Å². The van der Waals surface area contributed by atoms with Crippen LogP contribution < -0.4 is 10.2 Å². The minimum Gasteiger partial charge on any atom is -0.346 e. The Morgan fingerprint density at radius 2 is 2.14 bits per heavy atom. The normalized spacial score (nSPS) is 12.9. The fourth-order valence-electron chi connectivity index (χ4n) is 2.62. The number of hydrogen-bond acceptors (Lipinski definition) is 3. The van der Waals surface area contributed by atoms with Gasteiger partial charge in [-0.15, -0.1) is 0 Å². The van der Waals surface area contributed by atoms with Crippen molar-refractivity contribution in [3.05, 3.63) is 59.4 Å². The van der Waals surface area contributed by atoms with Crippen LogP contribution in [0.5, 0.6) is 0 Å². The molecule has 1 aliphatic rings. The molecule has 0 spiro atoms. The first kappa shape index (κ1) is 14.3. The summed E-state index contributed by atoms with van der Waals surface area (Å²) in [6.07, 6.45) is 2.53. The first-order valence-electron chi connectivity index (χ1n) is 7.24. The first-order chi connectivity index (χ1) is 10.6. The molecular formula is C17H17N3O2. The molecule has 1 aliphatic heterocycles. The molecule has 5 nitrogen and oxygen atoms in total. The monoisotopic (exact) mass is 295 g/mol. The zero-order valence-electron chi connectivity index (χ0n) is 12.4. The zero-order chi connectivity index (χ0) is 15.5. The van der Waals surface area contributed by atoms with Gasteiger partial charge in [-0.25, -0.2) is 0 Å². The van der Waals surface area contributed by atoms with Crippen LogP contribution in [-0.4, -0.2) is 23.3 Å². The van der Waals surface area contributed by atoms with Crippen molar-refractivity contribution in [3.63, 3.8) is 0 Å². The Hall–Kier alpha value is -2.69. The molecular weight excluding hydrogens is 278 g/mol. The largest absolute Gasteiger partial charge is 0.346 e. The molecule has 1 aromatic carbocycles. The van der Waals surface area contributed by atoms with E-state index in [4.69, 9.17) is 0 Å². The van der Waals surface area contributed by atoms with Gasteiger partial charge < -0.3 is 10.2 Å². The summed E-state index contributed by atoms with van der Waals surface area (Å²) in [7, 11) is 0. The molecule has 0 saturated carbocycles. The van der Waals surface area contributed by atoms with Crippen molar-refractivity contribution < 1.29 is 9.59 Å². The molecule has 1 N–H and O–H groups in total. The molecule has 0 atom stereocenters. The number of rotatable bonds is 3. The van der Waals surface area contributed by atoms with E-state index in [0.29, 0.717) is 18.7 Å². The van der Waals surface area contributed by atoms with Crippen molar-refractivity contribution in [2.24, 2.45) is 0 Å². The molecule has 0 fully saturated rings. The third-order valence-electron chi connectivity index (χ3n) is 3.78. The molecule has 0 bridgehead atoms. The smallest absolute Gasteiger partial charge is 0.251 e. The van der Waals surface area contributed by atoms with E-state index in [-0.39, 0.29) is 11.8 Å². The molecule has 2 heterocycles. The number of anilines is 1. The molecule has 2 amide bonds. The summed E-state index contributed by atoms with van der Waals surface area (Å²) >= 11 is 0. The summed E-state index contributed by atoms with van der Waals surface area (Å²) in [5, 5.41) is 2.85. The van der Waals surface area contributed by atoms with Crippen LogP contribution in [0.1, 0.15) is 28.5 Å². The van der Waals surface area contributed by atoms with Gasteiger partial charge in [-0.3, -0.25) is 14.6 Å². The number of fused-ring (bicyclic) bond motifs is 1. The van der Waals surface area contributed by atoms with Crippen LogP contribution in [0.15, 0.2) is 42.6 Å². The molecule has 0 radical (unpaired) electrons. The molecule has 0 aliphatic carbocycles. The van der Waals surface area contributed by atoms with Crippen LogP contribution >= 0.6 is 0 Å². The number of benzene rings is 1. The maximum absolute atomic E-state index is 12.3. The minimum absolute atomic E-state index is 0.00444. The Labute approximate surface area is 129 Å². The maximum atomic E-state index is 12.3. The fraction of sp³-hybridized carbons (Fsp3) is 0.235. The Bertz CT molecular complexity index is 713. The highest BCUT2D eigenvalue weighted by atomic mass is 16.2. The van der Waals surface area contributed by atoms with Gasteiger partial charge >= 0.3 is 0 Å². The molecule has 22 heavy (non-hydrogen) atoms. The summed E-state index contributed by atoms with van der Waals surface area (Å²) < 4.78 is 0. The number of aromatic nitrogens is 1. The van der Waals surface area contributed by atoms with Gasteiger partial charge in [-0.1, -0.05) is 12.1 Å². The van der Waals surface area contributed by atoms with E-state index in [9.17, 15) is 9.59 Å². The number of carbonyl (C=O) groups excluding carboxylic acids is 2. The highest BCUT2D eigenvalue weighted by Gasteiger charge is 2.23. The minimum atomic E-state index is -0.163. The number of hydrogen-bond donors (Lipinski definition) is 1. The van der Waals surface area contributed by atoms with Crippen LogP contribution in [0.25, 0.3) is 0 Å². The fourth-order valence-corrected chi connectivity index (χ4v) is 2.62. The van der Waals surface area contributed by atoms with E-state index in [1.54, 1.807) is 30.2 Å². The second-order valence-electron chi connectivity index (χ2n) is 5.27. The van der Waals surface area contributed by atoms with Gasteiger partial charge in [0.15, 0.2) is 0 Å². The maximum Gasteiger partial charge on any atom is 0.251 e. The second-order valence-corrected chi connectivity index (χ2v) is 5.27. The summed E-state index contributed by atoms with van der Waals surface area (Å²) in [5.74, 6) is -0.159. The number of amides is 2. The van der Waals surface area contributed by atoms with Crippen molar-refractivity contribution in [2.45, 2.75) is 19.9 Å². The lowest BCUT2D eigenvalue weighted by atomic mass is 10.1. The molecule has 1 aromatic heterocycles. The van der Waals surface area contributed by atoms with Crippen molar-refractivity contribution >= 4 is 17.5 Å². The summed E-state index contributed by atoms with van der Waals surface area (Å²) in [4.78, 5) is 29.8. The SMILES string of the molecule is CC(=O)N1CCc2ccc(C(=O)NCc3ccccn3)cc21. The lowest BCUT2D eigenvalue weighted by molar-refractivity contribution is -0.116. The van der Waals surface area contributed by atoms with Crippen LogP contribution in [0.4, 0.5) is 5.69 Å². The van der Waals surface area contributed by atoms with Gasteiger partial charge in [-0.2, -0.15) is 0 Å². The van der Waals surface area contributed by atoms with E-state index >= 15 is 0 Å². The third-order valence-corrected chi connectivity index (χ3v) is 3.78. The van der Waals surface area contributed by atoms with Crippen LogP contribution in [0, 0.1) is 0 Å². The summed E-state index contributed by atoms with van der Waals surface area (Å²) in [5.41, 5.74) is 3.32. The lowest BCUT2D eigenvalue weighted by Gasteiger charge is -2.15. The van der Waals surface area contributed by atoms with Crippen molar-refractivity contribution in [1.82, 2.24) is 10.3 Å². The Morgan fingerprint density at radius 1 is 1.27 bits per heavy atom. The first-order valence-corrected chi connectivity index (χ1v) is 7.24. The van der Waals surface area contributed by atoms with Crippen molar-refractivity contribution in [2.75, 3.05) is 11.4 Å². The van der Waals surface area contributed by atoms with Gasteiger partial charge in [0.1, 0.15) is 0 Å². The number of nitrogens with zero attached hydrogens (tertiary/aromatic N) is 2. The van der Waals surface area contributed by atoms with E-state index in [2.05, 4.69) is 10.3 Å². The predicted octanol–water partition coefficient (Wildman–Crippen LogP) is 1.92. The standard InChI is InChI=1S/C17H17N3O2/c1-12(21)20-9-7-13-5-6-14(10-16(13)20)17(22)19-11-15-4-2-3-8-18-15/h2-6,8,10H,7,9,11H2,1H3,(H,19,22). The molecule has 0 unspecified atom stereocenters. The predicted molar refractivity (Wildman–Crippen MR) is 83.6 cm³/mol. The Kier molecular flexibility index (Phi) is 3.87. The Morgan fingerprint density at radius 3 is 2.86 bits per heavy atom. The topological polar surface area (TPSA) is 62.3 Å². The van der Waals surface area contributed by atoms with E-state index in [0.717, 1.165) is 23.4 Å². The second kappa shape index (κ2) is 5.97. The van der Waals surface area contributed by atoms with Gasteiger partial charge in [0.25, 0.3) is 5.91 Å². The van der Waals surface area contributed by atoms with E-state index in [1.165, 1.54) is 0 Å². The molecule has 112 valence electrons. The highest BCUT2D eigenvalue weighted by molar-refractivity contribution is 5.99. The molecule has 0 saturated heterocycles. The average Bonchev–Trinajstić information content (AvgIpc) is 2.96. The van der Waals surface area contributed by atoms with Gasteiger partial charge in [0.05, 0.1) is 12.2 Å². The van der Waals surface area contributed by atoms with Gasteiger partial charge in [0, 0.05) is 30.9 Å². The van der Waals surface area contributed by atoms with Gasteiger partial charge in [-0.05, 0) is 36.2 Å². The molecule has 2 aromatic rings. The highest BCUT2D eigenvalue weighted by Crippen LogP contribution is 2.29. The van der Waals surface area contributed by atoms with E-state index in [1.807, 2.05) is 24.3 Å². The van der Waals surface area contributed by atoms with Crippen LogP contribution in [-0.2, 0) is 17.8 Å². The molecule has 5 heteroatoms. The lowest BCUT2D eigenvalue weighted by Crippen LogP contribution is -2.27. The van der Waals surface area contributed by atoms with Crippen LogP contribution in [0.2, 0.25) is 0 Å².